The van der Waals surface area contributed by atoms with Crippen molar-refractivity contribution in [2.24, 2.45) is 0 Å². The molecule has 0 spiro atoms. The van der Waals surface area contributed by atoms with E-state index in [1.54, 1.807) is 19.4 Å². The van der Waals surface area contributed by atoms with Crippen molar-refractivity contribution in [3.63, 3.8) is 0 Å². The number of pyridine rings is 1. The maximum atomic E-state index is 14.0. The molecule has 4 rings (SSSR count). The van der Waals surface area contributed by atoms with Crippen LogP contribution in [-0.2, 0) is 4.74 Å². The van der Waals surface area contributed by atoms with E-state index in [0.29, 0.717) is 25.4 Å². The van der Waals surface area contributed by atoms with Crippen LogP contribution in [0.4, 0.5) is 10.1 Å². The normalized spacial score (nSPS) is 17.7. The minimum Gasteiger partial charge on any atom is -0.497 e. The van der Waals surface area contributed by atoms with Crippen molar-refractivity contribution in [3.05, 3.63) is 66.2 Å². The number of benzene rings is 2. The molecule has 1 aromatic heterocycles. The quantitative estimate of drug-likeness (QED) is 0.724. The Hall–Kier alpha value is -2.66. The second-order valence-electron chi connectivity index (χ2n) is 6.11. The van der Waals surface area contributed by atoms with Crippen LogP contribution in [0, 0.1) is 5.82 Å². The zero-order valence-corrected chi connectivity index (χ0v) is 14.0. The maximum Gasteiger partial charge on any atom is 0.164 e. The van der Waals surface area contributed by atoms with Crippen LogP contribution in [0.5, 0.6) is 5.75 Å². The molecule has 4 nitrogen and oxygen atoms in total. The number of hydrogen-bond acceptors (Lipinski definition) is 4. The van der Waals surface area contributed by atoms with Crippen LogP contribution in [0.1, 0.15) is 11.7 Å². The molecular formula is C20H19FN2O2. The average Bonchev–Trinajstić information content (AvgIpc) is 2.67. The van der Waals surface area contributed by atoms with Crippen molar-refractivity contribution in [2.45, 2.75) is 6.10 Å². The summed E-state index contributed by atoms with van der Waals surface area (Å²) >= 11 is 0. The van der Waals surface area contributed by atoms with E-state index >= 15 is 0 Å². The Morgan fingerprint density at radius 2 is 2.00 bits per heavy atom. The second kappa shape index (κ2) is 6.69. The zero-order chi connectivity index (χ0) is 17.2. The number of methoxy groups -OCH3 is 1. The lowest BCUT2D eigenvalue weighted by molar-refractivity contribution is 0.0396. The number of hydrogen-bond donors (Lipinski definition) is 0. The third-order valence-corrected chi connectivity index (χ3v) is 4.60. The number of halogens is 1. The van der Waals surface area contributed by atoms with Gasteiger partial charge >= 0.3 is 0 Å². The van der Waals surface area contributed by atoms with Crippen molar-refractivity contribution >= 4 is 16.5 Å². The van der Waals surface area contributed by atoms with E-state index in [-0.39, 0.29) is 11.9 Å². The minimum absolute atomic E-state index is 0.0900. The Kier molecular flexibility index (Phi) is 4.24. The maximum absolute atomic E-state index is 14.0. The van der Waals surface area contributed by atoms with Gasteiger partial charge in [0.1, 0.15) is 11.9 Å². The molecule has 25 heavy (non-hydrogen) atoms. The molecule has 0 radical (unpaired) electrons. The van der Waals surface area contributed by atoms with Gasteiger partial charge in [0.25, 0.3) is 0 Å². The monoisotopic (exact) mass is 338 g/mol. The summed E-state index contributed by atoms with van der Waals surface area (Å²) < 4.78 is 25.2. The van der Waals surface area contributed by atoms with Crippen molar-refractivity contribution in [1.29, 1.82) is 0 Å². The highest BCUT2D eigenvalue weighted by atomic mass is 19.1. The van der Waals surface area contributed by atoms with Gasteiger partial charge in [0, 0.05) is 19.3 Å². The molecule has 2 aromatic carbocycles. The highest BCUT2D eigenvalue weighted by molar-refractivity contribution is 5.84. The molecule has 1 aliphatic heterocycles. The standard InChI is InChI=1S/C20H19FN2O2/c1-24-17-5-4-14-10-16(3-2-15(14)11-17)20-13-23(8-9-25-20)19-6-7-22-12-18(19)21/h2-7,10-12,20H,8-9,13H2,1H3/t20-/m0/s1. The lowest BCUT2D eigenvalue weighted by Gasteiger charge is -2.34. The molecule has 0 amide bonds. The average molecular weight is 338 g/mol. The largest absolute Gasteiger partial charge is 0.497 e. The van der Waals surface area contributed by atoms with Crippen LogP contribution in [-0.4, -0.2) is 31.8 Å². The van der Waals surface area contributed by atoms with Crippen molar-refractivity contribution in [3.8, 4) is 5.75 Å². The van der Waals surface area contributed by atoms with E-state index < -0.39 is 0 Å². The Morgan fingerprint density at radius 1 is 1.16 bits per heavy atom. The number of morpholine rings is 1. The fourth-order valence-corrected chi connectivity index (χ4v) is 3.26. The third kappa shape index (κ3) is 3.15. The molecule has 1 aliphatic rings. The van der Waals surface area contributed by atoms with Gasteiger partial charge in [0.2, 0.25) is 0 Å². The summed E-state index contributed by atoms with van der Waals surface area (Å²) in [5, 5.41) is 2.25. The van der Waals surface area contributed by atoms with Gasteiger partial charge in [-0.3, -0.25) is 4.98 Å². The topological polar surface area (TPSA) is 34.6 Å². The molecule has 2 heterocycles. The van der Waals surface area contributed by atoms with E-state index in [0.717, 1.165) is 22.1 Å². The number of fused-ring (bicyclic) bond motifs is 1. The molecular weight excluding hydrogens is 319 g/mol. The van der Waals surface area contributed by atoms with Crippen LogP contribution >= 0.6 is 0 Å². The van der Waals surface area contributed by atoms with Crippen LogP contribution in [0.3, 0.4) is 0 Å². The van der Waals surface area contributed by atoms with Crippen LogP contribution in [0.15, 0.2) is 54.9 Å². The molecule has 0 aliphatic carbocycles. The Labute approximate surface area is 145 Å². The van der Waals surface area contributed by atoms with E-state index in [1.807, 2.05) is 23.1 Å². The summed E-state index contributed by atoms with van der Waals surface area (Å²) in [5.74, 6) is 0.544. The van der Waals surface area contributed by atoms with Crippen LogP contribution in [0.2, 0.25) is 0 Å². The number of aromatic nitrogens is 1. The number of anilines is 1. The summed E-state index contributed by atoms with van der Waals surface area (Å²) in [4.78, 5) is 5.84. The van der Waals surface area contributed by atoms with E-state index in [4.69, 9.17) is 9.47 Å². The summed E-state index contributed by atoms with van der Waals surface area (Å²) in [6.45, 7) is 1.85. The predicted molar refractivity (Wildman–Crippen MR) is 95.6 cm³/mol. The smallest absolute Gasteiger partial charge is 0.164 e. The summed E-state index contributed by atoms with van der Waals surface area (Å²) in [7, 11) is 1.66. The molecule has 1 fully saturated rings. The van der Waals surface area contributed by atoms with Crippen LogP contribution in [0.25, 0.3) is 10.8 Å². The predicted octanol–water partition coefficient (Wildman–Crippen LogP) is 3.96. The van der Waals surface area contributed by atoms with E-state index in [9.17, 15) is 4.39 Å². The van der Waals surface area contributed by atoms with Gasteiger partial charge in [0.05, 0.1) is 25.6 Å². The lowest BCUT2D eigenvalue weighted by Crippen LogP contribution is -2.38. The fraction of sp³-hybridized carbons (Fsp3) is 0.250. The molecule has 0 unspecified atom stereocenters. The molecule has 0 bridgehead atoms. The molecule has 1 atom stereocenters. The Morgan fingerprint density at radius 3 is 2.84 bits per heavy atom. The third-order valence-electron chi connectivity index (χ3n) is 4.60. The van der Waals surface area contributed by atoms with Gasteiger partial charge in [-0.2, -0.15) is 0 Å². The molecule has 5 heteroatoms. The summed E-state index contributed by atoms with van der Waals surface area (Å²) in [6, 6.07) is 14.0. The van der Waals surface area contributed by atoms with Gasteiger partial charge in [-0.1, -0.05) is 18.2 Å². The van der Waals surface area contributed by atoms with E-state index in [1.165, 1.54) is 6.20 Å². The first kappa shape index (κ1) is 15.8. The highest BCUT2D eigenvalue weighted by Gasteiger charge is 2.24. The Balaban J connectivity index is 1.61. The molecule has 3 aromatic rings. The van der Waals surface area contributed by atoms with Gasteiger partial charge in [-0.15, -0.1) is 0 Å². The summed E-state index contributed by atoms with van der Waals surface area (Å²) in [5.41, 5.74) is 1.67. The molecule has 0 saturated carbocycles. The summed E-state index contributed by atoms with van der Waals surface area (Å²) in [6.07, 6.45) is 2.78. The van der Waals surface area contributed by atoms with Crippen LogP contribution < -0.4 is 9.64 Å². The first-order valence-corrected chi connectivity index (χ1v) is 8.28. The molecule has 128 valence electrons. The number of nitrogens with zero attached hydrogens (tertiary/aromatic N) is 2. The zero-order valence-electron chi connectivity index (χ0n) is 14.0. The SMILES string of the molecule is COc1ccc2cc([C@@H]3CN(c4ccncc4F)CCO3)ccc2c1. The van der Waals surface area contributed by atoms with Crippen molar-refractivity contribution in [2.75, 3.05) is 31.7 Å². The highest BCUT2D eigenvalue weighted by Crippen LogP contribution is 2.30. The first-order valence-electron chi connectivity index (χ1n) is 8.28. The van der Waals surface area contributed by atoms with Crippen molar-refractivity contribution < 1.29 is 13.9 Å². The minimum atomic E-state index is -0.297. The fourth-order valence-electron chi connectivity index (χ4n) is 3.26. The first-order chi connectivity index (χ1) is 12.2. The Bertz CT molecular complexity index is 900. The van der Waals surface area contributed by atoms with E-state index in [2.05, 4.69) is 23.2 Å². The van der Waals surface area contributed by atoms with Gasteiger partial charge in [-0.05, 0) is 40.6 Å². The molecule has 1 saturated heterocycles. The molecule has 0 N–H and O–H groups in total. The van der Waals surface area contributed by atoms with Gasteiger partial charge in [0.15, 0.2) is 5.82 Å². The van der Waals surface area contributed by atoms with Gasteiger partial charge < -0.3 is 14.4 Å². The van der Waals surface area contributed by atoms with Crippen molar-refractivity contribution in [1.82, 2.24) is 4.98 Å². The second-order valence-corrected chi connectivity index (χ2v) is 6.11. The number of ether oxygens (including phenoxy) is 2. The lowest BCUT2D eigenvalue weighted by atomic mass is 10.0. The number of rotatable bonds is 3. The van der Waals surface area contributed by atoms with Gasteiger partial charge in [-0.25, -0.2) is 4.39 Å².